The summed E-state index contributed by atoms with van der Waals surface area (Å²) < 4.78 is 33.4. The van der Waals surface area contributed by atoms with Crippen molar-refractivity contribution in [3.8, 4) is 22.9 Å². The maximum absolute atomic E-state index is 14.1. The number of pyridine rings is 1. The molecule has 0 saturated carbocycles. The van der Waals surface area contributed by atoms with Crippen molar-refractivity contribution in [2.24, 2.45) is 0 Å². The number of aromatic nitrogens is 3. The average molecular weight is 577 g/mol. The molecular formula is C28H38ClFN4O4Si. The van der Waals surface area contributed by atoms with Crippen LogP contribution in [0.5, 0.6) is 11.6 Å². The number of nitrogens with zero attached hydrogens (tertiary/aromatic N) is 3. The second-order valence-electron chi connectivity index (χ2n) is 11.9. The molecule has 2 heterocycles. The second kappa shape index (κ2) is 12.1. The molecule has 0 aliphatic rings. The highest BCUT2D eigenvalue weighted by molar-refractivity contribution is 6.74. The molecule has 3 rings (SSSR count). The summed E-state index contributed by atoms with van der Waals surface area (Å²) in [7, 11) is -2.06. The summed E-state index contributed by atoms with van der Waals surface area (Å²) in [5.41, 5.74) is 1.08. The number of nitrogens with one attached hydrogen (secondary N) is 1. The molecule has 1 aromatic carbocycles. The zero-order valence-corrected chi connectivity index (χ0v) is 25.6. The lowest BCUT2D eigenvalue weighted by molar-refractivity contribution is 0.0477. The van der Waals surface area contributed by atoms with E-state index in [1.54, 1.807) is 18.3 Å². The minimum absolute atomic E-state index is 0.0224. The van der Waals surface area contributed by atoms with Gasteiger partial charge in [0, 0.05) is 18.0 Å². The summed E-state index contributed by atoms with van der Waals surface area (Å²) in [6, 6.07) is 9.79. The Morgan fingerprint density at radius 2 is 1.79 bits per heavy atom. The van der Waals surface area contributed by atoms with Gasteiger partial charge in [-0.2, -0.15) is 5.10 Å². The molecule has 0 bridgehead atoms. The lowest BCUT2D eigenvalue weighted by atomic mass is 10.1. The summed E-state index contributed by atoms with van der Waals surface area (Å²) in [6.45, 7) is 17.0. The van der Waals surface area contributed by atoms with Crippen molar-refractivity contribution in [3.63, 3.8) is 0 Å². The van der Waals surface area contributed by atoms with E-state index < -0.39 is 25.8 Å². The van der Waals surface area contributed by atoms with Gasteiger partial charge >= 0.3 is 6.09 Å². The maximum Gasteiger partial charge on any atom is 0.408 e. The van der Waals surface area contributed by atoms with Crippen molar-refractivity contribution in [1.29, 1.82) is 0 Å². The van der Waals surface area contributed by atoms with Crippen molar-refractivity contribution in [1.82, 2.24) is 20.1 Å². The van der Waals surface area contributed by atoms with Crippen molar-refractivity contribution in [2.45, 2.75) is 77.9 Å². The Kier molecular flexibility index (Phi) is 9.46. The first-order chi connectivity index (χ1) is 18.0. The van der Waals surface area contributed by atoms with Gasteiger partial charge in [-0.15, -0.1) is 0 Å². The largest absolute Gasteiger partial charge is 0.444 e. The number of benzene rings is 1. The third-order valence-electron chi connectivity index (χ3n) is 6.42. The first-order valence-electron chi connectivity index (χ1n) is 12.8. The monoisotopic (exact) mass is 576 g/mol. The number of ether oxygens (including phenoxy) is 2. The SMILES string of the molecule is CC(C)(C)OC(=O)N[C@H](CO[Si](C)(C)C(C)(C)C)Cn1nccc1-c1ccc(Oc2ncc(Cl)cc2F)cc1. The van der Waals surface area contributed by atoms with E-state index in [-0.39, 0.29) is 22.0 Å². The normalized spacial score (nSPS) is 13.2. The molecule has 0 aliphatic heterocycles. The molecule has 2 aromatic heterocycles. The molecule has 1 amide bonds. The molecule has 11 heteroatoms. The highest BCUT2D eigenvalue weighted by Crippen LogP contribution is 2.36. The topological polar surface area (TPSA) is 87.5 Å². The Balaban J connectivity index is 1.78. The van der Waals surface area contributed by atoms with Gasteiger partial charge in [0.2, 0.25) is 0 Å². The fourth-order valence-electron chi connectivity index (χ4n) is 3.35. The highest BCUT2D eigenvalue weighted by atomic mass is 35.5. The predicted molar refractivity (Wildman–Crippen MR) is 153 cm³/mol. The summed E-state index contributed by atoms with van der Waals surface area (Å²) >= 11 is 5.76. The van der Waals surface area contributed by atoms with Crippen LogP contribution in [-0.4, -0.2) is 47.4 Å². The maximum atomic E-state index is 14.1. The molecule has 39 heavy (non-hydrogen) atoms. The van der Waals surface area contributed by atoms with Crippen molar-refractivity contribution in [3.05, 3.63) is 59.6 Å². The molecule has 0 unspecified atom stereocenters. The molecule has 1 atom stereocenters. The van der Waals surface area contributed by atoms with Crippen molar-refractivity contribution >= 4 is 26.0 Å². The smallest absolute Gasteiger partial charge is 0.408 e. The van der Waals surface area contributed by atoms with Gasteiger partial charge in [-0.3, -0.25) is 4.68 Å². The van der Waals surface area contributed by atoms with Crippen LogP contribution >= 0.6 is 11.6 Å². The summed E-state index contributed by atoms with van der Waals surface area (Å²) in [5.74, 6) is -0.381. The van der Waals surface area contributed by atoms with Gasteiger partial charge in [0.1, 0.15) is 11.4 Å². The number of alkyl carbamates (subject to hydrolysis) is 1. The van der Waals surface area contributed by atoms with E-state index in [0.29, 0.717) is 18.9 Å². The first-order valence-corrected chi connectivity index (χ1v) is 16.1. The lowest BCUT2D eigenvalue weighted by Gasteiger charge is -2.37. The van der Waals surface area contributed by atoms with E-state index in [4.69, 9.17) is 25.5 Å². The average Bonchev–Trinajstić information content (AvgIpc) is 3.26. The Labute approximate surface area is 236 Å². The second-order valence-corrected chi connectivity index (χ2v) is 17.1. The van der Waals surface area contributed by atoms with E-state index in [1.165, 1.54) is 6.20 Å². The van der Waals surface area contributed by atoms with Gasteiger partial charge < -0.3 is 19.2 Å². The van der Waals surface area contributed by atoms with E-state index in [9.17, 15) is 9.18 Å². The fraction of sp³-hybridized carbons (Fsp3) is 0.464. The predicted octanol–water partition coefficient (Wildman–Crippen LogP) is 7.45. The summed E-state index contributed by atoms with van der Waals surface area (Å²) in [6.07, 6.45) is 2.51. The van der Waals surface area contributed by atoms with E-state index in [0.717, 1.165) is 17.3 Å². The Morgan fingerprint density at radius 1 is 1.13 bits per heavy atom. The fourth-order valence-corrected chi connectivity index (χ4v) is 4.55. The summed E-state index contributed by atoms with van der Waals surface area (Å²) in [5, 5.41) is 7.67. The van der Waals surface area contributed by atoms with Gasteiger partial charge in [0.25, 0.3) is 5.88 Å². The third-order valence-corrected chi connectivity index (χ3v) is 11.1. The number of hydrogen-bond acceptors (Lipinski definition) is 6. The molecule has 8 nitrogen and oxygen atoms in total. The van der Waals surface area contributed by atoms with Crippen molar-refractivity contribution in [2.75, 3.05) is 6.61 Å². The van der Waals surface area contributed by atoms with Gasteiger partial charge in [0.05, 0.1) is 29.9 Å². The van der Waals surface area contributed by atoms with Gasteiger partial charge in [-0.25, -0.2) is 14.2 Å². The van der Waals surface area contributed by atoms with E-state index in [1.807, 2.05) is 43.7 Å². The third kappa shape index (κ3) is 8.77. The first kappa shape index (κ1) is 30.6. The van der Waals surface area contributed by atoms with Crippen LogP contribution in [0, 0.1) is 5.82 Å². The standard InChI is InChI=1S/C28H38ClFN4O4Si/c1-27(2,3)38-26(35)33-21(18-36-39(7,8)28(4,5)6)17-34-24(13-14-32-34)19-9-11-22(12-10-19)37-25-23(30)15-20(29)16-31-25/h9-16,21H,17-18H2,1-8H3,(H,33,35)/t21-/m0/s1. The summed E-state index contributed by atoms with van der Waals surface area (Å²) in [4.78, 5) is 16.5. The van der Waals surface area contributed by atoms with Crippen molar-refractivity contribution < 1.29 is 23.1 Å². The zero-order chi connectivity index (χ0) is 29.0. The molecule has 1 N–H and O–H groups in total. The Morgan fingerprint density at radius 3 is 2.38 bits per heavy atom. The van der Waals surface area contributed by atoms with Crippen LogP contribution in [0.1, 0.15) is 41.5 Å². The molecule has 212 valence electrons. The minimum Gasteiger partial charge on any atom is -0.444 e. The number of carbonyl (C=O) groups is 1. The number of carbonyl (C=O) groups excluding carboxylic acids is 1. The number of rotatable bonds is 9. The number of hydrogen-bond donors (Lipinski definition) is 1. The van der Waals surface area contributed by atoms with Crippen LogP contribution in [0.4, 0.5) is 9.18 Å². The van der Waals surface area contributed by atoms with E-state index >= 15 is 0 Å². The quantitative estimate of drug-likeness (QED) is 0.266. The molecular weight excluding hydrogens is 539 g/mol. The number of halogens is 2. The van der Waals surface area contributed by atoms with E-state index in [2.05, 4.69) is 49.3 Å². The minimum atomic E-state index is -2.06. The van der Waals surface area contributed by atoms with Crippen LogP contribution in [0.2, 0.25) is 23.2 Å². The van der Waals surface area contributed by atoms with Crippen LogP contribution in [0.25, 0.3) is 11.3 Å². The van der Waals surface area contributed by atoms with Crippen LogP contribution < -0.4 is 10.1 Å². The van der Waals surface area contributed by atoms with Crippen LogP contribution in [-0.2, 0) is 15.7 Å². The van der Waals surface area contributed by atoms with Gasteiger partial charge in [0.15, 0.2) is 14.1 Å². The molecule has 0 fully saturated rings. The number of amides is 1. The van der Waals surface area contributed by atoms with Crippen LogP contribution in [0.3, 0.4) is 0 Å². The molecule has 3 aromatic rings. The zero-order valence-electron chi connectivity index (χ0n) is 23.8. The molecule has 0 aliphatic carbocycles. The molecule has 0 radical (unpaired) electrons. The Hall–Kier alpha value is -2.95. The van der Waals surface area contributed by atoms with Gasteiger partial charge in [-0.05, 0) is 75.3 Å². The lowest BCUT2D eigenvalue weighted by Crippen LogP contribution is -2.48. The highest BCUT2D eigenvalue weighted by Gasteiger charge is 2.38. The Bertz CT molecular complexity index is 1270. The molecule has 0 spiro atoms. The molecule has 0 saturated heterocycles. The van der Waals surface area contributed by atoms with Gasteiger partial charge in [-0.1, -0.05) is 32.4 Å². The van der Waals surface area contributed by atoms with Crippen LogP contribution in [0.15, 0.2) is 48.8 Å².